The molecule has 0 aliphatic heterocycles. The lowest BCUT2D eigenvalue weighted by Crippen LogP contribution is -2.38. The van der Waals surface area contributed by atoms with Crippen molar-refractivity contribution in [2.24, 2.45) is 4.99 Å². The molecule has 0 aliphatic carbocycles. The molecule has 2 aromatic heterocycles. The quantitative estimate of drug-likeness (QED) is 0.442. The van der Waals surface area contributed by atoms with Crippen LogP contribution in [0.4, 0.5) is 8.78 Å². The standard InChI is InChI=1S/C19H20F2N6O2/c1-22-19(25-12-13-6-2-3-8-15(13)28-18(20)21)24-11-9-16-26-17(29-27-16)14-7-4-5-10-23-14/h2-8,10,18H,9,11-12H2,1H3,(H2,22,24,25). The molecule has 0 unspecified atom stereocenters. The van der Waals surface area contributed by atoms with Gasteiger partial charge in [-0.1, -0.05) is 29.4 Å². The van der Waals surface area contributed by atoms with Crippen LogP contribution in [0.5, 0.6) is 5.75 Å². The van der Waals surface area contributed by atoms with Crippen molar-refractivity contribution >= 4 is 5.96 Å². The van der Waals surface area contributed by atoms with Gasteiger partial charge >= 0.3 is 6.61 Å². The highest BCUT2D eigenvalue weighted by Crippen LogP contribution is 2.19. The molecule has 0 atom stereocenters. The summed E-state index contributed by atoms with van der Waals surface area (Å²) in [5.74, 6) is 1.52. The molecule has 0 spiro atoms. The van der Waals surface area contributed by atoms with Crippen molar-refractivity contribution in [1.82, 2.24) is 25.8 Å². The molecular formula is C19H20F2N6O2. The van der Waals surface area contributed by atoms with Crippen LogP contribution >= 0.6 is 0 Å². The molecule has 2 heterocycles. The monoisotopic (exact) mass is 402 g/mol. The molecule has 0 bridgehead atoms. The van der Waals surface area contributed by atoms with Gasteiger partial charge in [0.25, 0.3) is 5.89 Å². The van der Waals surface area contributed by atoms with Crippen LogP contribution in [0.15, 0.2) is 58.2 Å². The first-order valence-electron chi connectivity index (χ1n) is 8.87. The van der Waals surface area contributed by atoms with Crippen molar-refractivity contribution in [2.75, 3.05) is 13.6 Å². The van der Waals surface area contributed by atoms with Crippen LogP contribution in [0.1, 0.15) is 11.4 Å². The van der Waals surface area contributed by atoms with E-state index in [1.54, 1.807) is 43.6 Å². The lowest BCUT2D eigenvalue weighted by molar-refractivity contribution is -0.0504. The van der Waals surface area contributed by atoms with Crippen molar-refractivity contribution in [3.63, 3.8) is 0 Å². The molecule has 10 heteroatoms. The van der Waals surface area contributed by atoms with E-state index in [0.717, 1.165) is 0 Å². The summed E-state index contributed by atoms with van der Waals surface area (Å²) >= 11 is 0. The molecule has 1 aromatic carbocycles. The maximum absolute atomic E-state index is 12.5. The maximum Gasteiger partial charge on any atom is 0.387 e. The Balaban J connectivity index is 1.49. The number of guanidine groups is 1. The second-order valence-electron chi connectivity index (χ2n) is 5.82. The average Bonchev–Trinajstić information content (AvgIpc) is 3.21. The molecule has 3 aromatic rings. The smallest absolute Gasteiger partial charge is 0.387 e. The molecule has 0 fully saturated rings. The molecule has 3 rings (SSSR count). The largest absolute Gasteiger partial charge is 0.434 e. The van der Waals surface area contributed by atoms with Gasteiger partial charge in [0.1, 0.15) is 11.4 Å². The highest BCUT2D eigenvalue weighted by atomic mass is 19.3. The van der Waals surface area contributed by atoms with Gasteiger partial charge in [-0.05, 0) is 18.2 Å². The van der Waals surface area contributed by atoms with Crippen LogP contribution in [0.25, 0.3) is 11.6 Å². The predicted molar refractivity (Wildman–Crippen MR) is 103 cm³/mol. The molecule has 0 saturated heterocycles. The fraction of sp³-hybridized carbons (Fsp3) is 0.263. The number of hydrogen-bond donors (Lipinski definition) is 2. The molecule has 0 radical (unpaired) electrons. The summed E-state index contributed by atoms with van der Waals surface area (Å²) in [6.07, 6.45) is 2.16. The van der Waals surface area contributed by atoms with Gasteiger partial charge in [0.05, 0.1) is 0 Å². The van der Waals surface area contributed by atoms with Crippen molar-refractivity contribution in [3.05, 3.63) is 60.0 Å². The Morgan fingerprint density at radius 1 is 1.17 bits per heavy atom. The number of benzene rings is 1. The second kappa shape index (κ2) is 10.1. The fourth-order valence-corrected chi connectivity index (χ4v) is 2.50. The van der Waals surface area contributed by atoms with Gasteiger partial charge in [-0.3, -0.25) is 9.98 Å². The lowest BCUT2D eigenvalue weighted by atomic mass is 10.2. The number of para-hydroxylation sites is 1. The zero-order chi connectivity index (χ0) is 20.5. The zero-order valence-electron chi connectivity index (χ0n) is 15.7. The second-order valence-corrected chi connectivity index (χ2v) is 5.82. The van der Waals surface area contributed by atoms with E-state index in [1.807, 2.05) is 6.07 Å². The van der Waals surface area contributed by atoms with Gasteiger partial charge in [-0.25, -0.2) is 0 Å². The van der Waals surface area contributed by atoms with E-state index >= 15 is 0 Å². The Morgan fingerprint density at radius 2 is 2.00 bits per heavy atom. The van der Waals surface area contributed by atoms with Gasteiger partial charge in [-0.2, -0.15) is 13.8 Å². The summed E-state index contributed by atoms with van der Waals surface area (Å²) in [6.45, 7) is -2.11. The third kappa shape index (κ3) is 5.96. The third-order valence-electron chi connectivity index (χ3n) is 3.85. The van der Waals surface area contributed by atoms with Gasteiger partial charge < -0.3 is 19.9 Å². The molecule has 152 valence electrons. The summed E-state index contributed by atoms with van der Waals surface area (Å²) in [7, 11) is 1.62. The lowest BCUT2D eigenvalue weighted by Gasteiger charge is -2.14. The van der Waals surface area contributed by atoms with E-state index in [9.17, 15) is 8.78 Å². The molecule has 0 saturated carbocycles. The Bertz CT molecular complexity index is 933. The summed E-state index contributed by atoms with van der Waals surface area (Å²) in [4.78, 5) is 12.6. The third-order valence-corrected chi connectivity index (χ3v) is 3.85. The van der Waals surface area contributed by atoms with Gasteiger partial charge in [0.2, 0.25) is 0 Å². The van der Waals surface area contributed by atoms with Crippen LogP contribution in [0.3, 0.4) is 0 Å². The van der Waals surface area contributed by atoms with E-state index in [2.05, 4.69) is 35.5 Å². The summed E-state index contributed by atoms with van der Waals surface area (Å²) in [5.41, 5.74) is 1.20. The number of hydrogen-bond acceptors (Lipinski definition) is 6. The van der Waals surface area contributed by atoms with E-state index < -0.39 is 6.61 Å². The van der Waals surface area contributed by atoms with Crippen LogP contribution in [0.2, 0.25) is 0 Å². The SMILES string of the molecule is CN=C(NCCc1noc(-c2ccccn2)n1)NCc1ccccc1OC(F)F. The number of aliphatic imine (C=N–C) groups is 1. The van der Waals surface area contributed by atoms with E-state index in [1.165, 1.54) is 6.07 Å². The summed E-state index contributed by atoms with van der Waals surface area (Å²) in [6, 6.07) is 12.0. The Morgan fingerprint density at radius 3 is 2.76 bits per heavy atom. The average molecular weight is 402 g/mol. The topological polar surface area (TPSA) is 97.5 Å². The Hall–Kier alpha value is -3.56. The molecular weight excluding hydrogens is 382 g/mol. The number of alkyl halides is 2. The molecule has 29 heavy (non-hydrogen) atoms. The van der Waals surface area contributed by atoms with E-state index in [-0.39, 0.29) is 12.3 Å². The number of halogens is 2. The van der Waals surface area contributed by atoms with Crippen LogP contribution in [-0.2, 0) is 13.0 Å². The number of ether oxygens (including phenoxy) is 1. The van der Waals surface area contributed by atoms with Gasteiger partial charge in [0.15, 0.2) is 11.8 Å². The summed E-state index contributed by atoms with van der Waals surface area (Å²) < 4.78 is 34.7. The minimum absolute atomic E-state index is 0.124. The number of rotatable bonds is 8. The molecule has 2 N–H and O–H groups in total. The Kier molecular flexibility index (Phi) is 7.04. The first kappa shape index (κ1) is 20.2. The molecule has 8 nitrogen and oxygen atoms in total. The zero-order valence-corrected chi connectivity index (χ0v) is 15.7. The number of nitrogens with one attached hydrogen (secondary N) is 2. The maximum atomic E-state index is 12.5. The van der Waals surface area contributed by atoms with Gasteiger partial charge in [-0.15, -0.1) is 0 Å². The fourth-order valence-electron chi connectivity index (χ4n) is 2.50. The van der Waals surface area contributed by atoms with Crippen molar-refractivity contribution in [2.45, 2.75) is 19.6 Å². The van der Waals surface area contributed by atoms with Gasteiger partial charge in [0, 0.05) is 38.3 Å². The van der Waals surface area contributed by atoms with E-state index in [0.29, 0.717) is 41.9 Å². The van der Waals surface area contributed by atoms with Crippen molar-refractivity contribution in [1.29, 1.82) is 0 Å². The Labute approximate surface area is 166 Å². The molecule has 0 amide bonds. The van der Waals surface area contributed by atoms with Crippen molar-refractivity contribution < 1.29 is 18.0 Å². The molecule has 0 aliphatic rings. The van der Waals surface area contributed by atoms with Crippen molar-refractivity contribution in [3.8, 4) is 17.3 Å². The number of aromatic nitrogens is 3. The minimum Gasteiger partial charge on any atom is -0.434 e. The number of pyridine rings is 1. The predicted octanol–water partition coefficient (Wildman–Crippen LogP) is 2.64. The first-order valence-corrected chi connectivity index (χ1v) is 8.87. The summed E-state index contributed by atoms with van der Waals surface area (Å²) in [5, 5.41) is 10.1. The first-order chi connectivity index (χ1) is 14.2. The highest BCUT2D eigenvalue weighted by molar-refractivity contribution is 5.79. The normalized spacial score (nSPS) is 11.5. The number of nitrogens with zero attached hydrogens (tertiary/aromatic N) is 4. The highest BCUT2D eigenvalue weighted by Gasteiger charge is 2.11. The minimum atomic E-state index is -2.88. The van der Waals surface area contributed by atoms with E-state index in [4.69, 9.17) is 4.52 Å². The van der Waals surface area contributed by atoms with Crippen LogP contribution in [0, 0.1) is 0 Å². The van der Waals surface area contributed by atoms with Crippen LogP contribution < -0.4 is 15.4 Å². The van der Waals surface area contributed by atoms with Crippen LogP contribution in [-0.4, -0.2) is 41.3 Å².